The lowest BCUT2D eigenvalue weighted by Gasteiger charge is -2.03. The molecule has 14 heavy (non-hydrogen) atoms. The SMILES string of the molecule is Cc1cccc2c(O)c(O)c[n+](C)c12. The summed E-state index contributed by atoms with van der Waals surface area (Å²) in [4.78, 5) is 0. The highest BCUT2D eigenvalue weighted by Crippen LogP contribution is 2.31. The summed E-state index contributed by atoms with van der Waals surface area (Å²) >= 11 is 0. The predicted molar refractivity (Wildman–Crippen MR) is 53.2 cm³/mol. The van der Waals surface area contributed by atoms with E-state index in [1.807, 2.05) is 26.1 Å². The van der Waals surface area contributed by atoms with Crippen LogP contribution >= 0.6 is 0 Å². The Labute approximate surface area is 81.9 Å². The molecule has 0 radical (unpaired) electrons. The van der Waals surface area contributed by atoms with E-state index in [-0.39, 0.29) is 11.5 Å². The Morgan fingerprint density at radius 3 is 2.64 bits per heavy atom. The summed E-state index contributed by atoms with van der Waals surface area (Å²) in [7, 11) is 1.84. The normalized spacial score (nSPS) is 10.7. The van der Waals surface area contributed by atoms with Crippen molar-refractivity contribution >= 4 is 10.9 Å². The Morgan fingerprint density at radius 1 is 1.21 bits per heavy atom. The van der Waals surface area contributed by atoms with Crippen molar-refractivity contribution in [2.24, 2.45) is 7.05 Å². The molecule has 0 spiro atoms. The Hall–Kier alpha value is -1.77. The second-order valence-electron chi connectivity index (χ2n) is 3.44. The standard InChI is InChI=1S/C11H11NO2/c1-7-4-3-5-8-10(7)12(2)6-9(13)11(8)14/h3-6,13H,1-2H3/p+1. The lowest BCUT2D eigenvalue weighted by molar-refractivity contribution is -0.645. The van der Waals surface area contributed by atoms with Crippen LogP contribution in [0.4, 0.5) is 0 Å². The third-order valence-electron chi connectivity index (χ3n) is 2.40. The fourth-order valence-corrected chi connectivity index (χ4v) is 1.77. The maximum atomic E-state index is 9.64. The van der Waals surface area contributed by atoms with Gasteiger partial charge in [-0.05, 0) is 13.0 Å². The van der Waals surface area contributed by atoms with Crippen molar-refractivity contribution < 1.29 is 14.8 Å². The van der Waals surface area contributed by atoms with Gasteiger partial charge in [0, 0.05) is 5.56 Å². The molecule has 3 nitrogen and oxygen atoms in total. The Bertz CT molecular complexity index is 506. The zero-order valence-corrected chi connectivity index (χ0v) is 8.15. The minimum absolute atomic E-state index is 0.0539. The molecule has 0 saturated carbocycles. The van der Waals surface area contributed by atoms with Gasteiger partial charge in [0.2, 0.25) is 17.5 Å². The maximum Gasteiger partial charge on any atom is 0.223 e. The predicted octanol–water partition coefficient (Wildman–Crippen LogP) is 1.38. The molecule has 2 N–H and O–H groups in total. The minimum atomic E-state index is -0.0920. The topological polar surface area (TPSA) is 44.3 Å². The van der Waals surface area contributed by atoms with E-state index in [2.05, 4.69) is 0 Å². The van der Waals surface area contributed by atoms with Gasteiger partial charge in [0.15, 0.2) is 5.75 Å². The van der Waals surface area contributed by atoms with Gasteiger partial charge in [0.05, 0.1) is 5.39 Å². The smallest absolute Gasteiger partial charge is 0.223 e. The van der Waals surface area contributed by atoms with Crippen molar-refractivity contribution in [2.45, 2.75) is 6.92 Å². The third kappa shape index (κ3) is 1.09. The number of hydrogen-bond acceptors (Lipinski definition) is 2. The second-order valence-corrected chi connectivity index (χ2v) is 3.44. The molecular formula is C11H12NO2+. The van der Waals surface area contributed by atoms with Crippen molar-refractivity contribution in [1.82, 2.24) is 0 Å². The van der Waals surface area contributed by atoms with Gasteiger partial charge in [-0.3, -0.25) is 0 Å². The van der Waals surface area contributed by atoms with Gasteiger partial charge in [-0.1, -0.05) is 12.1 Å². The first-order chi connectivity index (χ1) is 6.61. The van der Waals surface area contributed by atoms with E-state index < -0.39 is 0 Å². The van der Waals surface area contributed by atoms with Crippen LogP contribution in [0.2, 0.25) is 0 Å². The molecule has 0 saturated heterocycles. The summed E-state index contributed by atoms with van der Waals surface area (Å²) in [6, 6.07) is 5.62. The molecule has 1 aromatic heterocycles. The van der Waals surface area contributed by atoms with Crippen LogP contribution in [0, 0.1) is 6.92 Å². The van der Waals surface area contributed by atoms with Crippen LogP contribution in [0.25, 0.3) is 10.9 Å². The Balaban J connectivity index is 3.02. The monoisotopic (exact) mass is 190 g/mol. The molecule has 0 aliphatic heterocycles. The highest BCUT2D eigenvalue weighted by atomic mass is 16.3. The molecule has 1 aromatic carbocycles. The molecule has 2 rings (SSSR count). The van der Waals surface area contributed by atoms with Crippen LogP contribution in [0.5, 0.6) is 11.5 Å². The number of para-hydroxylation sites is 1. The number of pyridine rings is 1. The van der Waals surface area contributed by atoms with Gasteiger partial charge in [0.1, 0.15) is 7.05 Å². The van der Waals surface area contributed by atoms with Crippen LogP contribution in [-0.4, -0.2) is 10.2 Å². The van der Waals surface area contributed by atoms with Gasteiger partial charge in [0.25, 0.3) is 0 Å². The molecule has 0 aliphatic carbocycles. The number of nitrogens with zero attached hydrogens (tertiary/aromatic N) is 1. The largest absolute Gasteiger partial charge is 0.504 e. The lowest BCUT2D eigenvalue weighted by Crippen LogP contribution is -2.28. The average molecular weight is 190 g/mol. The van der Waals surface area contributed by atoms with Gasteiger partial charge in [-0.25, -0.2) is 0 Å². The number of rotatable bonds is 0. The van der Waals surface area contributed by atoms with Gasteiger partial charge in [-0.15, -0.1) is 0 Å². The van der Waals surface area contributed by atoms with Gasteiger partial charge in [-0.2, -0.15) is 4.57 Å². The van der Waals surface area contributed by atoms with Crippen LogP contribution in [0.15, 0.2) is 24.4 Å². The number of aromatic hydroxyl groups is 2. The average Bonchev–Trinajstić information content (AvgIpc) is 2.14. The van der Waals surface area contributed by atoms with Crippen LogP contribution in [-0.2, 0) is 7.05 Å². The van der Waals surface area contributed by atoms with Crippen LogP contribution in [0.1, 0.15) is 5.56 Å². The summed E-state index contributed by atoms with van der Waals surface area (Å²) < 4.78 is 1.81. The maximum absolute atomic E-state index is 9.64. The van der Waals surface area contributed by atoms with E-state index in [0.29, 0.717) is 5.39 Å². The van der Waals surface area contributed by atoms with Crippen LogP contribution < -0.4 is 4.57 Å². The quantitative estimate of drug-likeness (QED) is 0.616. The van der Waals surface area contributed by atoms with Crippen molar-refractivity contribution in [3.63, 3.8) is 0 Å². The summed E-state index contributed by atoms with van der Waals surface area (Å²) in [5.41, 5.74) is 2.00. The summed E-state index contributed by atoms with van der Waals surface area (Å²) in [5.74, 6) is -0.146. The van der Waals surface area contributed by atoms with Crippen molar-refractivity contribution in [2.75, 3.05) is 0 Å². The van der Waals surface area contributed by atoms with Crippen molar-refractivity contribution in [3.8, 4) is 11.5 Å². The number of benzene rings is 1. The van der Waals surface area contributed by atoms with Crippen LogP contribution in [0.3, 0.4) is 0 Å². The zero-order valence-electron chi connectivity index (χ0n) is 8.15. The molecule has 0 bridgehead atoms. The van der Waals surface area contributed by atoms with E-state index >= 15 is 0 Å². The number of aryl methyl sites for hydroxylation is 2. The molecule has 1 heterocycles. The molecule has 0 aliphatic rings. The highest BCUT2D eigenvalue weighted by molar-refractivity contribution is 5.86. The first kappa shape index (κ1) is 8.81. The van der Waals surface area contributed by atoms with Gasteiger partial charge >= 0.3 is 0 Å². The summed E-state index contributed by atoms with van der Waals surface area (Å²) in [6.07, 6.45) is 1.50. The first-order valence-electron chi connectivity index (χ1n) is 4.41. The minimum Gasteiger partial charge on any atom is -0.504 e. The molecule has 2 aromatic rings. The van der Waals surface area contributed by atoms with E-state index in [9.17, 15) is 10.2 Å². The summed E-state index contributed by atoms with van der Waals surface area (Å²) in [6.45, 7) is 1.97. The molecule has 3 heteroatoms. The van der Waals surface area contributed by atoms with E-state index in [4.69, 9.17) is 0 Å². The van der Waals surface area contributed by atoms with Crippen molar-refractivity contribution in [1.29, 1.82) is 0 Å². The number of hydrogen-bond donors (Lipinski definition) is 2. The molecule has 0 unspecified atom stereocenters. The third-order valence-corrected chi connectivity index (χ3v) is 2.40. The molecule has 0 atom stereocenters. The highest BCUT2D eigenvalue weighted by Gasteiger charge is 2.15. The molecule has 0 fully saturated rings. The van der Waals surface area contributed by atoms with Crippen molar-refractivity contribution in [3.05, 3.63) is 30.0 Å². The van der Waals surface area contributed by atoms with E-state index in [1.165, 1.54) is 6.20 Å². The van der Waals surface area contributed by atoms with E-state index in [1.54, 1.807) is 10.6 Å². The fourth-order valence-electron chi connectivity index (χ4n) is 1.77. The fraction of sp³-hybridized carbons (Fsp3) is 0.182. The Kier molecular flexibility index (Phi) is 1.81. The molecule has 72 valence electrons. The Morgan fingerprint density at radius 2 is 1.93 bits per heavy atom. The second kappa shape index (κ2) is 2.87. The first-order valence-corrected chi connectivity index (χ1v) is 4.41. The summed E-state index contributed by atoms with van der Waals surface area (Å²) in [5, 5.41) is 19.7. The lowest BCUT2D eigenvalue weighted by atomic mass is 10.1. The van der Waals surface area contributed by atoms with E-state index in [0.717, 1.165) is 11.1 Å². The number of aromatic nitrogens is 1. The number of fused-ring (bicyclic) bond motifs is 1. The zero-order chi connectivity index (χ0) is 10.3. The van der Waals surface area contributed by atoms with Gasteiger partial charge < -0.3 is 10.2 Å². The molecule has 0 amide bonds. The molecular weight excluding hydrogens is 178 g/mol.